The van der Waals surface area contributed by atoms with Gasteiger partial charge >= 0.3 is 0 Å². The minimum atomic E-state index is -0.428. The van der Waals surface area contributed by atoms with Crippen LogP contribution in [0.1, 0.15) is 22.8 Å². The summed E-state index contributed by atoms with van der Waals surface area (Å²) < 4.78 is 11.1. The van der Waals surface area contributed by atoms with Gasteiger partial charge in [0.05, 0.1) is 6.61 Å². The van der Waals surface area contributed by atoms with Gasteiger partial charge in [-0.2, -0.15) is 0 Å². The molecule has 0 unspecified atom stereocenters. The number of carbonyl (C=O) groups is 1. The van der Waals surface area contributed by atoms with Crippen molar-refractivity contribution in [3.05, 3.63) is 64.2 Å². The lowest BCUT2D eigenvalue weighted by atomic mass is 10.1. The van der Waals surface area contributed by atoms with E-state index in [1.807, 2.05) is 32.0 Å². The van der Waals surface area contributed by atoms with E-state index in [-0.39, 0.29) is 11.1 Å². The molecule has 0 fully saturated rings. The molecule has 0 radical (unpaired) electrons. The summed E-state index contributed by atoms with van der Waals surface area (Å²) in [6.07, 6.45) is 0. The van der Waals surface area contributed by atoms with Crippen molar-refractivity contribution in [3.8, 4) is 5.75 Å². The van der Waals surface area contributed by atoms with Gasteiger partial charge in [-0.05, 0) is 43.7 Å². The van der Waals surface area contributed by atoms with Gasteiger partial charge in [0.2, 0.25) is 5.55 Å². The number of halogens is 1. The van der Waals surface area contributed by atoms with Gasteiger partial charge in [0.25, 0.3) is 5.91 Å². The molecule has 3 aromatic rings. The third kappa shape index (κ3) is 3.51. The summed E-state index contributed by atoms with van der Waals surface area (Å²) >= 11 is 5.98. The normalized spacial score (nSPS) is 10.7. The summed E-state index contributed by atoms with van der Waals surface area (Å²) in [6, 6.07) is 12.3. The van der Waals surface area contributed by atoms with Crippen LogP contribution in [0.15, 0.2) is 46.9 Å². The summed E-state index contributed by atoms with van der Waals surface area (Å²) in [5.74, 6) is 0.119. The number of carbonyl (C=O) groups excluding carboxylic acids is 1. The van der Waals surface area contributed by atoms with Crippen molar-refractivity contribution in [3.63, 3.8) is 0 Å². The molecule has 0 aliphatic carbocycles. The van der Waals surface area contributed by atoms with Crippen LogP contribution >= 0.6 is 11.6 Å². The molecule has 0 spiro atoms. The number of fused-ring (bicyclic) bond motifs is 1. The molecule has 6 heteroatoms. The van der Waals surface area contributed by atoms with Crippen molar-refractivity contribution in [1.82, 2.24) is 0 Å². The predicted molar refractivity (Wildman–Crippen MR) is 97.4 cm³/mol. The van der Waals surface area contributed by atoms with Crippen LogP contribution in [0.2, 0.25) is 5.02 Å². The fourth-order valence-electron chi connectivity index (χ4n) is 2.49. The number of rotatable bonds is 4. The van der Waals surface area contributed by atoms with Crippen molar-refractivity contribution in [2.45, 2.75) is 13.8 Å². The van der Waals surface area contributed by atoms with Gasteiger partial charge in [-0.15, -0.1) is 0 Å². The Bertz CT molecular complexity index is 1010. The smallest absolute Gasteiger partial charge is 0.261 e. The van der Waals surface area contributed by atoms with Crippen LogP contribution in [0, 0.1) is 12.3 Å². The van der Waals surface area contributed by atoms with Gasteiger partial charge < -0.3 is 14.5 Å². The lowest BCUT2D eigenvalue weighted by Crippen LogP contribution is -2.21. The van der Waals surface area contributed by atoms with E-state index in [0.29, 0.717) is 34.0 Å². The standard InChI is InChI=1S/C19H17ClN2O3/c1-3-24-16-6-4-5-12-9-14(18(21)25-17(12)16)19(23)22-15-10-13(20)8-7-11(15)2/h4-10,21H,3H2,1-2H3,(H,22,23). The monoisotopic (exact) mass is 356 g/mol. The highest BCUT2D eigenvalue weighted by atomic mass is 35.5. The number of amides is 1. The lowest BCUT2D eigenvalue weighted by Gasteiger charge is -2.10. The molecule has 3 rings (SSSR count). The van der Waals surface area contributed by atoms with E-state index in [1.54, 1.807) is 24.3 Å². The zero-order chi connectivity index (χ0) is 18.0. The van der Waals surface area contributed by atoms with Crippen LogP contribution in [-0.2, 0) is 0 Å². The Kier molecular flexibility index (Phi) is 4.76. The topological polar surface area (TPSA) is 75.3 Å². The summed E-state index contributed by atoms with van der Waals surface area (Å²) in [7, 11) is 0. The molecule has 0 aliphatic heterocycles. The summed E-state index contributed by atoms with van der Waals surface area (Å²) in [5, 5.41) is 12.1. The van der Waals surface area contributed by atoms with Gasteiger partial charge in [0.15, 0.2) is 11.3 Å². The number of hydrogen-bond acceptors (Lipinski definition) is 4. The molecule has 1 amide bonds. The summed E-state index contributed by atoms with van der Waals surface area (Å²) in [5.41, 5.74) is 1.84. The third-order valence-electron chi connectivity index (χ3n) is 3.75. The first-order valence-electron chi connectivity index (χ1n) is 7.81. The van der Waals surface area contributed by atoms with E-state index in [2.05, 4.69) is 5.32 Å². The van der Waals surface area contributed by atoms with E-state index < -0.39 is 5.91 Å². The molecular weight excluding hydrogens is 340 g/mol. The van der Waals surface area contributed by atoms with Crippen molar-refractivity contribution < 1.29 is 13.9 Å². The van der Waals surface area contributed by atoms with Gasteiger partial charge in [-0.25, -0.2) is 0 Å². The zero-order valence-corrected chi connectivity index (χ0v) is 14.6. The Hall–Kier alpha value is -2.79. The second kappa shape index (κ2) is 6.99. The molecule has 0 saturated carbocycles. The fraction of sp³-hybridized carbons (Fsp3) is 0.158. The lowest BCUT2D eigenvalue weighted by molar-refractivity contribution is 0.102. The summed E-state index contributed by atoms with van der Waals surface area (Å²) in [4.78, 5) is 12.6. The minimum Gasteiger partial charge on any atom is -0.490 e. The maximum absolute atomic E-state index is 12.6. The Morgan fingerprint density at radius 1 is 1.28 bits per heavy atom. The molecule has 128 valence electrons. The second-order valence-corrected chi connectivity index (χ2v) is 5.95. The van der Waals surface area contributed by atoms with Crippen LogP contribution < -0.4 is 15.6 Å². The average molecular weight is 357 g/mol. The number of ether oxygens (including phenoxy) is 1. The van der Waals surface area contributed by atoms with E-state index in [9.17, 15) is 4.79 Å². The minimum absolute atomic E-state index is 0.139. The zero-order valence-electron chi connectivity index (χ0n) is 13.9. The van der Waals surface area contributed by atoms with E-state index >= 15 is 0 Å². The molecule has 0 bridgehead atoms. The molecule has 1 heterocycles. The Balaban J connectivity index is 2.01. The highest BCUT2D eigenvalue weighted by Crippen LogP contribution is 2.25. The molecule has 1 aromatic heterocycles. The highest BCUT2D eigenvalue weighted by molar-refractivity contribution is 6.31. The molecule has 2 N–H and O–H groups in total. The van der Waals surface area contributed by atoms with Crippen LogP contribution in [-0.4, -0.2) is 12.5 Å². The molecule has 25 heavy (non-hydrogen) atoms. The molecule has 0 saturated heterocycles. The number of hydrogen-bond donors (Lipinski definition) is 2. The third-order valence-corrected chi connectivity index (χ3v) is 3.99. The van der Waals surface area contributed by atoms with E-state index in [0.717, 1.165) is 5.56 Å². The van der Waals surface area contributed by atoms with Crippen molar-refractivity contribution in [2.24, 2.45) is 0 Å². The number of anilines is 1. The second-order valence-electron chi connectivity index (χ2n) is 5.51. The Morgan fingerprint density at radius 3 is 2.84 bits per heavy atom. The van der Waals surface area contributed by atoms with Crippen LogP contribution in [0.25, 0.3) is 11.0 Å². The molecule has 5 nitrogen and oxygen atoms in total. The molecule has 0 aliphatic rings. The highest BCUT2D eigenvalue weighted by Gasteiger charge is 2.15. The predicted octanol–water partition coefficient (Wildman–Crippen LogP) is 4.53. The number of para-hydroxylation sites is 1. The van der Waals surface area contributed by atoms with Crippen LogP contribution in [0.4, 0.5) is 5.69 Å². The molecule has 0 atom stereocenters. The Morgan fingerprint density at radius 2 is 2.08 bits per heavy atom. The first kappa shape index (κ1) is 17.0. The van der Waals surface area contributed by atoms with Gasteiger partial charge in [0, 0.05) is 16.1 Å². The first-order chi connectivity index (χ1) is 12.0. The number of benzene rings is 2. The Labute approximate surface area is 149 Å². The van der Waals surface area contributed by atoms with Crippen LogP contribution in [0.5, 0.6) is 5.75 Å². The largest absolute Gasteiger partial charge is 0.490 e. The molecule has 2 aromatic carbocycles. The van der Waals surface area contributed by atoms with Crippen LogP contribution in [0.3, 0.4) is 0 Å². The van der Waals surface area contributed by atoms with E-state index in [1.165, 1.54) is 0 Å². The van der Waals surface area contributed by atoms with Crippen molar-refractivity contribution in [1.29, 1.82) is 5.41 Å². The maximum Gasteiger partial charge on any atom is 0.261 e. The van der Waals surface area contributed by atoms with E-state index in [4.69, 9.17) is 26.2 Å². The molecular formula is C19H17ClN2O3. The SMILES string of the molecule is CCOc1cccc2cc(C(=O)Nc3cc(Cl)ccc3C)c(=N)oc12. The van der Waals surface area contributed by atoms with Gasteiger partial charge in [0.1, 0.15) is 5.56 Å². The van der Waals surface area contributed by atoms with Crippen molar-refractivity contribution in [2.75, 3.05) is 11.9 Å². The number of nitrogens with one attached hydrogen (secondary N) is 2. The fourth-order valence-corrected chi connectivity index (χ4v) is 2.66. The van der Waals surface area contributed by atoms with Gasteiger partial charge in [-0.1, -0.05) is 29.8 Å². The van der Waals surface area contributed by atoms with Gasteiger partial charge in [-0.3, -0.25) is 10.2 Å². The average Bonchev–Trinajstić information content (AvgIpc) is 2.58. The number of aryl methyl sites for hydroxylation is 1. The first-order valence-corrected chi connectivity index (χ1v) is 8.19. The quantitative estimate of drug-likeness (QED) is 0.721. The van der Waals surface area contributed by atoms with Crippen molar-refractivity contribution >= 4 is 34.2 Å². The summed E-state index contributed by atoms with van der Waals surface area (Å²) in [6.45, 7) is 4.22. The maximum atomic E-state index is 12.6.